The average molecular weight is 256 g/mol. The Morgan fingerprint density at radius 1 is 1.28 bits per heavy atom. The van der Waals surface area contributed by atoms with Crippen molar-refractivity contribution in [2.45, 2.75) is 39.5 Å². The molecule has 104 valence electrons. The van der Waals surface area contributed by atoms with Crippen LogP contribution in [0.2, 0.25) is 0 Å². The second-order valence-electron chi connectivity index (χ2n) is 5.85. The molecule has 0 aromatic rings. The third kappa shape index (κ3) is 3.98. The van der Waals surface area contributed by atoms with E-state index in [0.29, 0.717) is 19.0 Å². The number of hydrogen-bond donors (Lipinski definition) is 3. The van der Waals surface area contributed by atoms with Crippen molar-refractivity contribution in [1.29, 1.82) is 0 Å². The fraction of sp³-hybridized carbons (Fsp3) is 0.846. The highest BCUT2D eigenvalue weighted by molar-refractivity contribution is 5.82. The lowest BCUT2D eigenvalue weighted by atomic mass is 9.82. The summed E-state index contributed by atoms with van der Waals surface area (Å²) in [6, 6.07) is 0. The normalized spacial score (nSPS) is 24.6. The molecule has 0 aromatic carbocycles. The van der Waals surface area contributed by atoms with E-state index in [4.69, 9.17) is 10.8 Å². The van der Waals surface area contributed by atoms with E-state index in [2.05, 4.69) is 5.32 Å². The molecule has 0 aliphatic heterocycles. The van der Waals surface area contributed by atoms with Crippen LogP contribution in [0.3, 0.4) is 0 Å². The summed E-state index contributed by atoms with van der Waals surface area (Å²) in [7, 11) is 0. The lowest BCUT2D eigenvalue weighted by molar-refractivity contribution is -0.143. The molecular formula is C13H24N2O3. The monoisotopic (exact) mass is 256 g/mol. The van der Waals surface area contributed by atoms with Gasteiger partial charge in [-0.3, -0.25) is 9.59 Å². The van der Waals surface area contributed by atoms with Crippen LogP contribution in [0.5, 0.6) is 0 Å². The van der Waals surface area contributed by atoms with E-state index in [1.807, 2.05) is 13.8 Å². The number of carbonyl (C=O) groups is 2. The van der Waals surface area contributed by atoms with Crippen LogP contribution in [0.4, 0.5) is 0 Å². The largest absolute Gasteiger partial charge is 0.481 e. The van der Waals surface area contributed by atoms with Crippen LogP contribution in [-0.2, 0) is 9.59 Å². The van der Waals surface area contributed by atoms with Gasteiger partial charge in [0.05, 0.1) is 11.3 Å². The van der Waals surface area contributed by atoms with Crippen molar-refractivity contribution in [1.82, 2.24) is 5.32 Å². The minimum Gasteiger partial charge on any atom is -0.481 e. The molecule has 4 N–H and O–H groups in total. The number of rotatable bonds is 5. The fourth-order valence-corrected chi connectivity index (χ4v) is 2.18. The second-order valence-corrected chi connectivity index (χ2v) is 5.85. The van der Waals surface area contributed by atoms with Crippen molar-refractivity contribution in [3.05, 3.63) is 0 Å². The Balaban J connectivity index is 2.30. The standard InChI is InChI=1S/C13H24N2O3/c1-13(2,8-14)12(18)15-7-9-3-5-10(6-4-9)11(16)17/h9-10H,3-8,14H2,1-2H3,(H,15,18)(H,16,17). The number of nitrogens with two attached hydrogens (primary N) is 1. The topological polar surface area (TPSA) is 92.4 Å². The molecule has 1 rings (SSSR count). The van der Waals surface area contributed by atoms with Gasteiger partial charge >= 0.3 is 5.97 Å². The van der Waals surface area contributed by atoms with Gasteiger partial charge in [-0.1, -0.05) is 0 Å². The summed E-state index contributed by atoms with van der Waals surface area (Å²) < 4.78 is 0. The van der Waals surface area contributed by atoms with E-state index in [-0.39, 0.29) is 11.8 Å². The zero-order valence-electron chi connectivity index (χ0n) is 11.2. The van der Waals surface area contributed by atoms with Gasteiger partial charge in [0.2, 0.25) is 5.91 Å². The average Bonchev–Trinajstić information content (AvgIpc) is 2.36. The van der Waals surface area contributed by atoms with E-state index in [0.717, 1.165) is 25.7 Å². The third-order valence-electron chi connectivity index (χ3n) is 3.87. The van der Waals surface area contributed by atoms with Crippen LogP contribution in [0, 0.1) is 17.3 Å². The van der Waals surface area contributed by atoms with Crippen molar-refractivity contribution in [2.24, 2.45) is 23.0 Å². The summed E-state index contributed by atoms with van der Waals surface area (Å²) in [5.41, 5.74) is 5.01. The number of aliphatic carboxylic acids is 1. The van der Waals surface area contributed by atoms with Gasteiger partial charge in [0.25, 0.3) is 0 Å². The lowest BCUT2D eigenvalue weighted by Crippen LogP contribution is -2.43. The molecule has 0 atom stereocenters. The van der Waals surface area contributed by atoms with E-state index in [1.54, 1.807) is 0 Å². The van der Waals surface area contributed by atoms with Crippen molar-refractivity contribution in [2.75, 3.05) is 13.1 Å². The van der Waals surface area contributed by atoms with E-state index >= 15 is 0 Å². The van der Waals surface area contributed by atoms with Crippen molar-refractivity contribution < 1.29 is 14.7 Å². The summed E-state index contributed by atoms with van der Waals surface area (Å²) in [4.78, 5) is 22.6. The first-order valence-corrected chi connectivity index (χ1v) is 6.58. The highest BCUT2D eigenvalue weighted by atomic mass is 16.4. The Morgan fingerprint density at radius 3 is 2.28 bits per heavy atom. The molecule has 1 fully saturated rings. The number of carbonyl (C=O) groups excluding carboxylic acids is 1. The van der Waals surface area contributed by atoms with Crippen molar-refractivity contribution in [3.63, 3.8) is 0 Å². The Labute approximate surface area is 108 Å². The number of carboxylic acids is 1. The second kappa shape index (κ2) is 6.18. The van der Waals surface area contributed by atoms with E-state index in [9.17, 15) is 9.59 Å². The first-order valence-electron chi connectivity index (χ1n) is 6.58. The molecule has 5 nitrogen and oxygen atoms in total. The molecule has 0 spiro atoms. The molecule has 0 heterocycles. The Kier molecular flexibility index (Phi) is 5.14. The Morgan fingerprint density at radius 2 is 1.83 bits per heavy atom. The van der Waals surface area contributed by atoms with Crippen molar-refractivity contribution in [3.8, 4) is 0 Å². The quantitative estimate of drug-likeness (QED) is 0.683. The summed E-state index contributed by atoms with van der Waals surface area (Å²) in [5, 5.41) is 11.8. The van der Waals surface area contributed by atoms with Crippen LogP contribution in [0.1, 0.15) is 39.5 Å². The molecule has 1 saturated carbocycles. The third-order valence-corrected chi connectivity index (χ3v) is 3.87. The highest BCUT2D eigenvalue weighted by Gasteiger charge is 2.28. The molecule has 0 saturated heterocycles. The predicted octanol–water partition coefficient (Wildman–Crippen LogP) is 0.979. The fourth-order valence-electron chi connectivity index (χ4n) is 2.18. The molecule has 18 heavy (non-hydrogen) atoms. The first-order chi connectivity index (χ1) is 8.36. The van der Waals surface area contributed by atoms with Crippen LogP contribution in [0.15, 0.2) is 0 Å². The van der Waals surface area contributed by atoms with Gasteiger partial charge in [0, 0.05) is 13.1 Å². The summed E-state index contributed by atoms with van der Waals surface area (Å²) in [6.45, 7) is 4.60. The molecule has 1 aliphatic carbocycles. The minimum absolute atomic E-state index is 0.0228. The highest BCUT2D eigenvalue weighted by Crippen LogP contribution is 2.28. The Hall–Kier alpha value is -1.10. The predicted molar refractivity (Wildman–Crippen MR) is 68.9 cm³/mol. The summed E-state index contributed by atoms with van der Waals surface area (Å²) in [5.74, 6) is -0.511. The van der Waals surface area contributed by atoms with E-state index < -0.39 is 11.4 Å². The molecule has 1 aliphatic rings. The van der Waals surface area contributed by atoms with Gasteiger partial charge in [-0.25, -0.2) is 0 Å². The van der Waals surface area contributed by atoms with E-state index in [1.165, 1.54) is 0 Å². The first kappa shape index (κ1) is 15.0. The number of hydrogen-bond acceptors (Lipinski definition) is 3. The molecule has 0 aromatic heterocycles. The SMILES string of the molecule is CC(C)(CN)C(=O)NCC1CCC(C(=O)O)CC1. The summed E-state index contributed by atoms with van der Waals surface area (Å²) >= 11 is 0. The summed E-state index contributed by atoms with van der Waals surface area (Å²) in [6.07, 6.45) is 3.19. The molecular weight excluding hydrogens is 232 g/mol. The zero-order valence-corrected chi connectivity index (χ0v) is 11.2. The maximum Gasteiger partial charge on any atom is 0.306 e. The van der Waals surface area contributed by atoms with Gasteiger partial charge in [-0.05, 0) is 45.4 Å². The minimum atomic E-state index is -0.693. The number of nitrogens with one attached hydrogen (secondary N) is 1. The zero-order chi connectivity index (χ0) is 13.8. The van der Waals surface area contributed by atoms with Gasteiger partial charge in [0.15, 0.2) is 0 Å². The number of carboxylic acid groups (broad SMARTS) is 1. The molecule has 0 radical (unpaired) electrons. The molecule has 5 heteroatoms. The van der Waals surface area contributed by atoms with Crippen LogP contribution in [-0.4, -0.2) is 30.1 Å². The van der Waals surface area contributed by atoms with Crippen LogP contribution < -0.4 is 11.1 Å². The van der Waals surface area contributed by atoms with Gasteiger partial charge < -0.3 is 16.2 Å². The van der Waals surface area contributed by atoms with Gasteiger partial charge in [-0.15, -0.1) is 0 Å². The molecule has 0 bridgehead atoms. The molecule has 1 amide bonds. The van der Waals surface area contributed by atoms with Gasteiger partial charge in [0.1, 0.15) is 0 Å². The Bertz CT molecular complexity index is 307. The van der Waals surface area contributed by atoms with Crippen LogP contribution >= 0.6 is 0 Å². The number of amides is 1. The lowest BCUT2D eigenvalue weighted by Gasteiger charge is -2.28. The van der Waals surface area contributed by atoms with Gasteiger partial charge in [-0.2, -0.15) is 0 Å². The van der Waals surface area contributed by atoms with Crippen molar-refractivity contribution >= 4 is 11.9 Å². The molecule has 0 unspecified atom stereocenters. The van der Waals surface area contributed by atoms with Crippen LogP contribution in [0.25, 0.3) is 0 Å². The maximum absolute atomic E-state index is 11.8. The smallest absolute Gasteiger partial charge is 0.306 e. The maximum atomic E-state index is 11.8.